The fourth-order valence-corrected chi connectivity index (χ4v) is 0.992. The number of phenols is 1. The summed E-state index contributed by atoms with van der Waals surface area (Å²) < 4.78 is 25.3. The summed E-state index contributed by atoms with van der Waals surface area (Å²) in [4.78, 5) is 0. The summed E-state index contributed by atoms with van der Waals surface area (Å²) in [6, 6.07) is 1.69. The molecule has 0 saturated carbocycles. The van der Waals surface area contributed by atoms with Crippen LogP contribution in [0.15, 0.2) is 18.2 Å². The summed E-state index contributed by atoms with van der Waals surface area (Å²) in [5.41, 5.74) is 5.48. The Morgan fingerprint density at radius 1 is 1.29 bits per heavy atom. The van der Waals surface area contributed by atoms with Gasteiger partial charge in [0.2, 0.25) is 0 Å². The summed E-state index contributed by atoms with van der Waals surface area (Å²) in [7, 11) is 0. The van der Waals surface area contributed by atoms with E-state index >= 15 is 0 Å². The predicted molar refractivity (Wildman–Crippen MR) is 50.7 cm³/mol. The lowest BCUT2D eigenvalue weighted by Crippen LogP contribution is -1.95. The monoisotopic (exact) mass is 199 g/mol. The zero-order valence-electron chi connectivity index (χ0n) is 7.50. The minimum atomic E-state index is -1.06. The maximum absolute atomic E-state index is 12.7. The quantitative estimate of drug-likeness (QED) is 0.782. The van der Waals surface area contributed by atoms with E-state index in [1.165, 1.54) is 6.08 Å². The van der Waals surface area contributed by atoms with Gasteiger partial charge in [0, 0.05) is 11.6 Å². The van der Waals surface area contributed by atoms with E-state index in [-0.39, 0.29) is 11.3 Å². The van der Waals surface area contributed by atoms with Crippen LogP contribution in [0.2, 0.25) is 0 Å². The van der Waals surface area contributed by atoms with Gasteiger partial charge in [-0.3, -0.25) is 0 Å². The van der Waals surface area contributed by atoms with Crippen molar-refractivity contribution in [3.8, 4) is 5.75 Å². The molecule has 4 heteroatoms. The molecule has 0 amide bonds. The molecule has 0 fully saturated rings. The number of benzene rings is 1. The van der Waals surface area contributed by atoms with Crippen molar-refractivity contribution in [1.82, 2.24) is 0 Å². The number of hydrogen-bond donors (Lipinski definition) is 2. The second kappa shape index (κ2) is 4.72. The van der Waals surface area contributed by atoms with E-state index in [2.05, 4.69) is 0 Å². The highest BCUT2D eigenvalue weighted by Gasteiger charge is 2.06. The van der Waals surface area contributed by atoms with Crippen molar-refractivity contribution < 1.29 is 13.9 Å². The fraction of sp³-hybridized carbons (Fsp3) is 0.200. The first-order valence-corrected chi connectivity index (χ1v) is 4.19. The number of aromatic hydroxyl groups is 1. The first kappa shape index (κ1) is 10.7. The second-order valence-corrected chi connectivity index (χ2v) is 2.80. The van der Waals surface area contributed by atoms with Crippen LogP contribution in [0.25, 0.3) is 6.08 Å². The summed E-state index contributed by atoms with van der Waals surface area (Å²) in [5.74, 6) is -2.31. The fourth-order valence-electron chi connectivity index (χ4n) is 0.992. The predicted octanol–water partition coefficient (Wildman–Crippen LogP) is 2.03. The van der Waals surface area contributed by atoms with Gasteiger partial charge in [0.15, 0.2) is 11.6 Å². The third kappa shape index (κ3) is 2.53. The minimum absolute atomic E-state index is 0.248. The Hall–Kier alpha value is -1.42. The molecule has 0 aliphatic heterocycles. The largest absolute Gasteiger partial charge is 0.507 e. The van der Waals surface area contributed by atoms with Crippen LogP contribution in [-0.4, -0.2) is 11.7 Å². The Labute approximate surface area is 80.7 Å². The van der Waals surface area contributed by atoms with Crippen molar-refractivity contribution in [2.75, 3.05) is 6.54 Å². The lowest BCUT2D eigenvalue weighted by atomic mass is 10.1. The van der Waals surface area contributed by atoms with Crippen molar-refractivity contribution in [2.45, 2.75) is 6.42 Å². The number of rotatable bonds is 3. The average molecular weight is 199 g/mol. The smallest absolute Gasteiger partial charge is 0.162 e. The average Bonchev–Trinajstić information content (AvgIpc) is 2.14. The van der Waals surface area contributed by atoms with E-state index in [4.69, 9.17) is 5.73 Å². The molecule has 0 aliphatic carbocycles. The van der Waals surface area contributed by atoms with Crippen LogP contribution >= 0.6 is 0 Å². The minimum Gasteiger partial charge on any atom is -0.507 e. The number of nitrogens with two attached hydrogens (primary N) is 1. The maximum Gasteiger partial charge on any atom is 0.162 e. The third-order valence-corrected chi connectivity index (χ3v) is 1.70. The van der Waals surface area contributed by atoms with Crippen molar-refractivity contribution in [1.29, 1.82) is 0 Å². The molecule has 0 heterocycles. The summed E-state index contributed by atoms with van der Waals surface area (Å²) >= 11 is 0. The van der Waals surface area contributed by atoms with Crippen molar-refractivity contribution in [3.05, 3.63) is 35.4 Å². The summed E-state index contributed by atoms with van der Waals surface area (Å²) in [6.07, 6.45) is 3.82. The van der Waals surface area contributed by atoms with Crippen molar-refractivity contribution >= 4 is 6.08 Å². The van der Waals surface area contributed by atoms with E-state index in [1.807, 2.05) is 0 Å². The van der Waals surface area contributed by atoms with Gasteiger partial charge < -0.3 is 10.8 Å². The molecule has 3 N–H and O–H groups in total. The molecule has 1 rings (SSSR count). The molecule has 1 aromatic rings. The summed E-state index contributed by atoms with van der Waals surface area (Å²) in [6.45, 7) is 0.473. The lowest BCUT2D eigenvalue weighted by molar-refractivity contribution is 0.453. The number of halogens is 2. The molecule has 0 bridgehead atoms. The van der Waals surface area contributed by atoms with Gasteiger partial charge in [-0.1, -0.05) is 12.2 Å². The van der Waals surface area contributed by atoms with Crippen LogP contribution in [0.1, 0.15) is 12.0 Å². The standard InChI is InChI=1S/C10H11F2NO/c11-8-5-7(3-1-2-4-13)10(14)6-9(8)12/h1,3,5-6,14H,2,4,13H2. The van der Waals surface area contributed by atoms with Crippen LogP contribution in [0.3, 0.4) is 0 Å². The molecule has 0 aliphatic rings. The van der Waals surface area contributed by atoms with Gasteiger partial charge in [-0.25, -0.2) is 8.78 Å². The molecular formula is C10H11F2NO. The SMILES string of the molecule is NCCC=Cc1cc(F)c(F)cc1O. The Morgan fingerprint density at radius 2 is 1.93 bits per heavy atom. The molecule has 0 atom stereocenters. The van der Waals surface area contributed by atoms with Gasteiger partial charge >= 0.3 is 0 Å². The van der Waals surface area contributed by atoms with Gasteiger partial charge in [0.1, 0.15) is 5.75 Å². The van der Waals surface area contributed by atoms with Crippen LogP contribution in [-0.2, 0) is 0 Å². The van der Waals surface area contributed by atoms with E-state index < -0.39 is 11.6 Å². The van der Waals surface area contributed by atoms with Gasteiger partial charge in [-0.05, 0) is 19.0 Å². The molecule has 2 nitrogen and oxygen atoms in total. The Balaban J connectivity index is 2.92. The first-order chi connectivity index (χ1) is 6.65. The van der Waals surface area contributed by atoms with Crippen LogP contribution < -0.4 is 5.73 Å². The van der Waals surface area contributed by atoms with E-state index in [0.29, 0.717) is 13.0 Å². The van der Waals surface area contributed by atoms with E-state index in [1.54, 1.807) is 6.08 Å². The zero-order valence-corrected chi connectivity index (χ0v) is 7.50. The van der Waals surface area contributed by atoms with Gasteiger partial charge in [-0.2, -0.15) is 0 Å². The normalized spacial score (nSPS) is 11.1. The molecule has 0 radical (unpaired) electrons. The molecule has 14 heavy (non-hydrogen) atoms. The molecule has 0 spiro atoms. The van der Waals surface area contributed by atoms with Crippen LogP contribution in [0.5, 0.6) is 5.75 Å². The second-order valence-electron chi connectivity index (χ2n) is 2.80. The Bertz CT molecular complexity index is 350. The topological polar surface area (TPSA) is 46.2 Å². The summed E-state index contributed by atoms with van der Waals surface area (Å²) in [5, 5.41) is 9.23. The maximum atomic E-state index is 12.7. The zero-order chi connectivity index (χ0) is 10.6. The molecule has 1 aromatic carbocycles. The van der Waals surface area contributed by atoms with E-state index in [0.717, 1.165) is 12.1 Å². The van der Waals surface area contributed by atoms with Crippen molar-refractivity contribution in [3.63, 3.8) is 0 Å². The van der Waals surface area contributed by atoms with Gasteiger partial charge in [0.05, 0.1) is 0 Å². The van der Waals surface area contributed by atoms with Crippen molar-refractivity contribution in [2.24, 2.45) is 5.73 Å². The molecule has 76 valence electrons. The first-order valence-electron chi connectivity index (χ1n) is 4.19. The van der Waals surface area contributed by atoms with Crippen LogP contribution in [0, 0.1) is 11.6 Å². The molecule has 0 aromatic heterocycles. The molecule has 0 unspecified atom stereocenters. The highest BCUT2D eigenvalue weighted by molar-refractivity contribution is 5.56. The molecular weight excluding hydrogens is 188 g/mol. The van der Waals surface area contributed by atoms with E-state index in [9.17, 15) is 13.9 Å². The van der Waals surface area contributed by atoms with Crippen LogP contribution in [0.4, 0.5) is 8.78 Å². The van der Waals surface area contributed by atoms with Gasteiger partial charge in [0.25, 0.3) is 0 Å². The number of phenolic OH excluding ortho intramolecular Hbond substituents is 1. The van der Waals surface area contributed by atoms with Gasteiger partial charge in [-0.15, -0.1) is 0 Å². The lowest BCUT2D eigenvalue weighted by Gasteiger charge is -2.00. The Kier molecular flexibility index (Phi) is 3.59. The Morgan fingerprint density at radius 3 is 2.57 bits per heavy atom. The third-order valence-electron chi connectivity index (χ3n) is 1.70. The molecule has 0 saturated heterocycles. The highest BCUT2D eigenvalue weighted by atomic mass is 19.2. The number of hydrogen-bond acceptors (Lipinski definition) is 2. The highest BCUT2D eigenvalue weighted by Crippen LogP contribution is 2.22.